The zero-order chi connectivity index (χ0) is 23.0. The molecule has 3 nitrogen and oxygen atoms in total. The van der Waals surface area contributed by atoms with Crippen LogP contribution in [0.4, 0.5) is 0 Å². The van der Waals surface area contributed by atoms with E-state index in [9.17, 15) is 4.79 Å². The molecule has 0 aliphatic heterocycles. The molecule has 2 aromatic rings. The summed E-state index contributed by atoms with van der Waals surface area (Å²) in [5.74, 6) is 0.298. The molecule has 2 aliphatic carbocycles. The summed E-state index contributed by atoms with van der Waals surface area (Å²) in [5.41, 5.74) is 4.38. The Kier molecular flexibility index (Phi) is 10.3. The smallest absolute Gasteiger partial charge is 0.251 e. The van der Waals surface area contributed by atoms with Crippen LogP contribution in [0.15, 0.2) is 36.4 Å². The third kappa shape index (κ3) is 6.71. The van der Waals surface area contributed by atoms with Crippen molar-refractivity contribution in [3.63, 3.8) is 0 Å². The molecule has 0 aromatic heterocycles. The Morgan fingerprint density at radius 1 is 0.935 bits per heavy atom. The Hall–Kier alpha value is -1.55. The van der Waals surface area contributed by atoms with E-state index in [1.807, 2.05) is 39.1 Å². The first-order valence-corrected chi connectivity index (χ1v) is 12.3. The molecule has 2 aliphatic rings. The molecule has 1 fully saturated rings. The monoisotopic (exact) mass is 462 g/mol. The molecular formula is C26H36Cl2N2O. The Morgan fingerprint density at radius 2 is 1.61 bits per heavy atom. The molecule has 0 saturated heterocycles. The normalized spacial score (nSPS) is 19.2. The number of rotatable bonds is 4. The van der Waals surface area contributed by atoms with Crippen LogP contribution in [0.3, 0.4) is 0 Å². The number of nitrogens with one attached hydrogen (secondary N) is 2. The molecule has 0 radical (unpaired) electrons. The molecule has 4 rings (SSSR count). The average molecular weight is 463 g/mol. The average Bonchev–Trinajstić information content (AvgIpc) is 3.60. The Labute approximate surface area is 197 Å². The first-order chi connectivity index (χ1) is 15.0. The van der Waals surface area contributed by atoms with Crippen molar-refractivity contribution in [1.82, 2.24) is 10.6 Å². The molecule has 2 atom stereocenters. The topological polar surface area (TPSA) is 41.1 Å². The van der Waals surface area contributed by atoms with Gasteiger partial charge in [-0.3, -0.25) is 4.79 Å². The van der Waals surface area contributed by atoms with Crippen LogP contribution in [0, 0.1) is 0 Å². The summed E-state index contributed by atoms with van der Waals surface area (Å²) in [5, 5.41) is 7.63. The van der Waals surface area contributed by atoms with Gasteiger partial charge in [0.1, 0.15) is 0 Å². The van der Waals surface area contributed by atoms with Crippen LogP contribution in [0.2, 0.25) is 10.0 Å². The minimum atomic E-state index is 0.0295. The van der Waals surface area contributed by atoms with Gasteiger partial charge in [0.15, 0.2) is 0 Å². The molecule has 0 heterocycles. The van der Waals surface area contributed by atoms with E-state index < -0.39 is 0 Å². The van der Waals surface area contributed by atoms with Gasteiger partial charge in [-0.15, -0.1) is 0 Å². The highest BCUT2D eigenvalue weighted by molar-refractivity contribution is 6.42. The second-order valence-corrected chi connectivity index (χ2v) is 8.76. The number of carbonyl (C=O) groups excluding carboxylic acids is 1. The first-order valence-electron chi connectivity index (χ1n) is 11.5. The summed E-state index contributed by atoms with van der Waals surface area (Å²) in [6.07, 6.45) is 5.48. The van der Waals surface area contributed by atoms with E-state index in [0.29, 0.717) is 16.1 Å². The van der Waals surface area contributed by atoms with E-state index in [-0.39, 0.29) is 17.9 Å². The Bertz CT molecular complexity index is 864. The van der Waals surface area contributed by atoms with Crippen molar-refractivity contribution >= 4 is 29.1 Å². The van der Waals surface area contributed by atoms with Gasteiger partial charge in [0, 0.05) is 23.6 Å². The summed E-state index contributed by atoms with van der Waals surface area (Å²) in [6.45, 7) is 8.25. The number of benzene rings is 2. The minimum absolute atomic E-state index is 0.0295. The number of halogens is 2. The number of hydrogen-bond acceptors (Lipinski definition) is 2. The van der Waals surface area contributed by atoms with Gasteiger partial charge in [-0.1, -0.05) is 69.5 Å². The van der Waals surface area contributed by atoms with Crippen molar-refractivity contribution in [1.29, 1.82) is 0 Å². The summed E-state index contributed by atoms with van der Waals surface area (Å²) in [7, 11) is 1.98. The van der Waals surface area contributed by atoms with Crippen LogP contribution in [0.1, 0.15) is 98.8 Å². The maximum absolute atomic E-state index is 12.4. The Balaban J connectivity index is 0.000000630. The van der Waals surface area contributed by atoms with E-state index >= 15 is 0 Å². The zero-order valence-electron chi connectivity index (χ0n) is 19.4. The lowest BCUT2D eigenvalue weighted by molar-refractivity contribution is 0.0951. The highest BCUT2D eigenvalue weighted by Crippen LogP contribution is 2.42. The largest absolute Gasteiger partial charge is 0.349 e. The number of amides is 1. The van der Waals surface area contributed by atoms with Crippen molar-refractivity contribution in [2.75, 3.05) is 7.05 Å². The maximum Gasteiger partial charge on any atom is 0.251 e. The Morgan fingerprint density at radius 3 is 2.19 bits per heavy atom. The maximum atomic E-state index is 12.4. The lowest BCUT2D eigenvalue weighted by atomic mass is 9.76. The van der Waals surface area contributed by atoms with E-state index in [4.69, 9.17) is 23.2 Å². The fourth-order valence-electron chi connectivity index (χ4n) is 3.85. The highest BCUT2D eigenvalue weighted by atomic mass is 35.5. The van der Waals surface area contributed by atoms with Crippen LogP contribution >= 0.6 is 23.2 Å². The fraction of sp³-hybridized carbons (Fsp3) is 0.500. The van der Waals surface area contributed by atoms with Crippen LogP contribution in [0.25, 0.3) is 0 Å². The fourth-order valence-corrected chi connectivity index (χ4v) is 4.16. The van der Waals surface area contributed by atoms with Crippen molar-refractivity contribution in [3.05, 3.63) is 68.7 Å². The highest BCUT2D eigenvalue weighted by Gasteiger charge is 2.29. The number of carbonyl (C=O) groups is 1. The number of hydrogen-bond donors (Lipinski definition) is 2. The molecule has 2 unspecified atom stereocenters. The zero-order valence-corrected chi connectivity index (χ0v) is 20.9. The first kappa shape index (κ1) is 25.7. The molecule has 0 spiro atoms. The summed E-state index contributed by atoms with van der Waals surface area (Å²) < 4.78 is 0. The molecular weight excluding hydrogens is 427 g/mol. The van der Waals surface area contributed by atoms with Gasteiger partial charge < -0.3 is 10.6 Å². The van der Waals surface area contributed by atoms with Crippen LogP contribution < -0.4 is 10.6 Å². The molecule has 0 bridgehead atoms. The molecule has 2 N–H and O–H groups in total. The molecule has 170 valence electrons. The lowest BCUT2D eigenvalue weighted by Gasteiger charge is -2.32. The quantitative estimate of drug-likeness (QED) is 0.493. The van der Waals surface area contributed by atoms with E-state index in [0.717, 1.165) is 31.2 Å². The summed E-state index contributed by atoms with van der Waals surface area (Å²) in [6, 6.07) is 12.6. The minimum Gasteiger partial charge on any atom is -0.349 e. The van der Waals surface area contributed by atoms with Crippen LogP contribution in [-0.4, -0.2) is 19.0 Å². The standard InChI is InChI=1S/C21H22Cl2N2O.C3H8.C2H6/c1-24-20-9-7-15(12-3-8-18(22)19(23)11-12)16-6-2-13(10-17(16)20)21(26)25-14-4-5-14;1-3-2;1-2/h2-3,6,8,10-11,14-15,20,24H,4-5,7,9H2,1H3,(H,25,26);3H2,1-2H3;1-2H3. The predicted molar refractivity (Wildman–Crippen MR) is 134 cm³/mol. The van der Waals surface area contributed by atoms with Gasteiger partial charge in [-0.2, -0.15) is 0 Å². The van der Waals surface area contributed by atoms with Gasteiger partial charge in [0.05, 0.1) is 10.0 Å². The van der Waals surface area contributed by atoms with Gasteiger partial charge in [-0.25, -0.2) is 0 Å². The van der Waals surface area contributed by atoms with Gasteiger partial charge in [-0.05, 0) is 73.7 Å². The molecule has 2 aromatic carbocycles. The van der Waals surface area contributed by atoms with E-state index in [1.165, 1.54) is 23.1 Å². The summed E-state index contributed by atoms with van der Waals surface area (Å²) >= 11 is 12.3. The molecule has 5 heteroatoms. The van der Waals surface area contributed by atoms with Crippen LogP contribution in [0.5, 0.6) is 0 Å². The lowest BCUT2D eigenvalue weighted by Crippen LogP contribution is -2.28. The van der Waals surface area contributed by atoms with Crippen LogP contribution in [-0.2, 0) is 0 Å². The van der Waals surface area contributed by atoms with Crippen molar-refractivity contribution < 1.29 is 4.79 Å². The third-order valence-corrected chi connectivity index (χ3v) is 6.19. The second kappa shape index (κ2) is 12.5. The van der Waals surface area contributed by atoms with Crippen molar-refractivity contribution in [2.45, 2.75) is 77.8 Å². The van der Waals surface area contributed by atoms with Crippen molar-refractivity contribution in [3.8, 4) is 0 Å². The molecule has 1 amide bonds. The second-order valence-electron chi connectivity index (χ2n) is 7.94. The van der Waals surface area contributed by atoms with Gasteiger partial charge >= 0.3 is 0 Å². The van der Waals surface area contributed by atoms with E-state index in [1.54, 1.807) is 0 Å². The third-order valence-electron chi connectivity index (χ3n) is 5.45. The predicted octanol–water partition coefficient (Wildman–Crippen LogP) is 7.51. The van der Waals surface area contributed by atoms with E-state index in [2.05, 4.69) is 42.7 Å². The molecule has 1 saturated carbocycles. The number of fused-ring (bicyclic) bond motifs is 1. The SMILES string of the molecule is CC.CCC.CNC1CCC(c2ccc(Cl)c(Cl)c2)c2ccc(C(=O)NC3CC3)cc21. The van der Waals surface area contributed by atoms with Crippen molar-refractivity contribution in [2.24, 2.45) is 0 Å². The molecule has 31 heavy (non-hydrogen) atoms. The summed E-state index contributed by atoms with van der Waals surface area (Å²) in [4.78, 5) is 12.4. The van der Waals surface area contributed by atoms with Gasteiger partial charge in [0.2, 0.25) is 0 Å². The van der Waals surface area contributed by atoms with Gasteiger partial charge in [0.25, 0.3) is 5.91 Å².